The molecule has 0 bridgehead atoms. The van der Waals surface area contributed by atoms with Crippen LogP contribution in [0.15, 0.2) is 200 Å². The molecule has 9 rings (SSSR count). The number of benzene rings is 8. The monoisotopic (exact) mass is 652 g/mol. The van der Waals surface area contributed by atoms with Crippen LogP contribution in [-0.2, 0) is 0 Å². The molecule has 0 fully saturated rings. The minimum absolute atomic E-state index is 1.10. The zero-order valence-corrected chi connectivity index (χ0v) is 28.4. The van der Waals surface area contributed by atoms with E-state index in [0.717, 1.165) is 17.1 Å². The number of rotatable bonds is 7. The van der Waals surface area contributed by atoms with Gasteiger partial charge in [-0.25, -0.2) is 0 Å². The topological polar surface area (TPSA) is 8.17 Å². The number of hydrogen-bond donors (Lipinski definition) is 0. The fraction of sp³-hybridized carbons (Fsp3) is 0.0204. The van der Waals surface area contributed by atoms with E-state index in [1.807, 2.05) is 0 Å². The van der Waals surface area contributed by atoms with Crippen molar-refractivity contribution in [2.75, 3.05) is 4.90 Å². The largest absolute Gasteiger partial charge is 0.310 e. The van der Waals surface area contributed by atoms with Crippen molar-refractivity contribution in [2.45, 2.75) is 6.92 Å². The van der Waals surface area contributed by atoms with E-state index in [9.17, 15) is 0 Å². The van der Waals surface area contributed by atoms with Crippen LogP contribution >= 0.6 is 0 Å². The average Bonchev–Trinajstić information content (AvgIpc) is 3.53. The Morgan fingerprint density at radius 2 is 0.824 bits per heavy atom. The molecule has 1 heterocycles. The molecule has 0 aliphatic heterocycles. The van der Waals surface area contributed by atoms with Crippen LogP contribution in [0.2, 0.25) is 0 Å². The zero-order chi connectivity index (χ0) is 34.1. The first-order chi connectivity index (χ1) is 25.2. The molecule has 2 nitrogen and oxygen atoms in total. The molecule has 9 aromatic rings. The lowest BCUT2D eigenvalue weighted by Crippen LogP contribution is -2.10. The molecule has 1 aromatic heterocycles. The van der Waals surface area contributed by atoms with E-state index < -0.39 is 0 Å². The summed E-state index contributed by atoms with van der Waals surface area (Å²) < 4.78 is 2.45. The molecule has 0 spiro atoms. The van der Waals surface area contributed by atoms with Gasteiger partial charge in [-0.3, -0.25) is 0 Å². The van der Waals surface area contributed by atoms with Crippen LogP contribution in [-0.4, -0.2) is 4.57 Å². The lowest BCUT2D eigenvalue weighted by atomic mass is 9.99. The van der Waals surface area contributed by atoms with Gasteiger partial charge in [-0.05, 0) is 88.8 Å². The molecule has 0 aliphatic carbocycles. The third-order valence-electron chi connectivity index (χ3n) is 9.96. The normalized spacial score (nSPS) is 11.2. The molecule has 242 valence electrons. The van der Waals surface area contributed by atoms with Crippen molar-refractivity contribution < 1.29 is 0 Å². The summed E-state index contributed by atoms with van der Waals surface area (Å²) in [6.07, 6.45) is 0. The fourth-order valence-corrected chi connectivity index (χ4v) is 7.44. The van der Waals surface area contributed by atoms with E-state index >= 15 is 0 Å². The summed E-state index contributed by atoms with van der Waals surface area (Å²) in [5.41, 5.74) is 15.4. The van der Waals surface area contributed by atoms with Gasteiger partial charge in [0, 0.05) is 33.4 Å². The molecule has 51 heavy (non-hydrogen) atoms. The molecule has 0 unspecified atom stereocenters. The van der Waals surface area contributed by atoms with E-state index in [1.54, 1.807) is 0 Å². The Morgan fingerprint density at radius 3 is 1.45 bits per heavy atom. The molecule has 8 aromatic carbocycles. The van der Waals surface area contributed by atoms with Crippen molar-refractivity contribution >= 4 is 38.9 Å². The Kier molecular flexibility index (Phi) is 7.75. The Balaban J connectivity index is 1.25. The van der Waals surface area contributed by atoms with Crippen LogP contribution in [0.3, 0.4) is 0 Å². The first-order valence-corrected chi connectivity index (χ1v) is 17.5. The highest BCUT2D eigenvalue weighted by molar-refractivity contribution is 6.11. The lowest BCUT2D eigenvalue weighted by molar-refractivity contribution is 1.18. The standard InChI is InChI=1S/C49H36N2/c1-35-14-8-9-19-43(35)44-20-10-12-22-47(44)51-48-23-13-11-21-45(48)46-33-32-42(34-49(46)51)50(40-28-24-38(25-29-40)36-15-4-2-5-16-36)41-30-26-39(27-31-41)37-17-6-3-7-18-37/h2-34H,1H3. The summed E-state index contributed by atoms with van der Waals surface area (Å²) >= 11 is 0. The number of para-hydroxylation sites is 2. The van der Waals surface area contributed by atoms with Crippen molar-refractivity contribution in [2.24, 2.45) is 0 Å². The molecular formula is C49H36N2. The van der Waals surface area contributed by atoms with E-state index in [4.69, 9.17) is 0 Å². The van der Waals surface area contributed by atoms with Crippen LogP contribution in [0.1, 0.15) is 5.56 Å². The number of aryl methyl sites for hydroxylation is 1. The quantitative estimate of drug-likeness (QED) is 0.166. The van der Waals surface area contributed by atoms with Crippen LogP contribution < -0.4 is 4.90 Å². The Hall–Kier alpha value is -6.64. The number of nitrogens with zero attached hydrogens (tertiary/aromatic N) is 2. The van der Waals surface area contributed by atoms with Crippen molar-refractivity contribution in [1.29, 1.82) is 0 Å². The van der Waals surface area contributed by atoms with Gasteiger partial charge in [-0.2, -0.15) is 0 Å². The average molecular weight is 653 g/mol. The summed E-state index contributed by atoms with van der Waals surface area (Å²) in [4.78, 5) is 2.37. The van der Waals surface area contributed by atoms with Gasteiger partial charge < -0.3 is 9.47 Å². The first-order valence-electron chi connectivity index (χ1n) is 17.5. The maximum absolute atomic E-state index is 2.45. The molecule has 2 heteroatoms. The van der Waals surface area contributed by atoms with Crippen molar-refractivity contribution in [3.8, 4) is 39.1 Å². The van der Waals surface area contributed by atoms with Gasteiger partial charge in [-0.15, -0.1) is 0 Å². The number of hydrogen-bond acceptors (Lipinski definition) is 1. The Bertz CT molecular complexity index is 2530. The fourth-order valence-electron chi connectivity index (χ4n) is 7.44. The van der Waals surface area contributed by atoms with E-state index in [0.29, 0.717) is 0 Å². The molecule has 0 aliphatic rings. The third kappa shape index (κ3) is 5.57. The Morgan fingerprint density at radius 1 is 0.353 bits per heavy atom. The molecule has 0 atom stereocenters. The van der Waals surface area contributed by atoms with E-state index in [2.05, 4.69) is 217 Å². The highest BCUT2D eigenvalue weighted by Crippen LogP contribution is 2.42. The minimum Gasteiger partial charge on any atom is -0.310 e. The third-order valence-corrected chi connectivity index (χ3v) is 9.96. The van der Waals surface area contributed by atoms with Gasteiger partial charge in [0.2, 0.25) is 0 Å². The van der Waals surface area contributed by atoms with Gasteiger partial charge in [-0.1, -0.05) is 152 Å². The molecular weight excluding hydrogens is 617 g/mol. The lowest BCUT2D eigenvalue weighted by Gasteiger charge is -2.26. The van der Waals surface area contributed by atoms with Crippen LogP contribution in [0.25, 0.3) is 60.9 Å². The van der Waals surface area contributed by atoms with Gasteiger partial charge in [0.25, 0.3) is 0 Å². The summed E-state index contributed by atoms with van der Waals surface area (Å²) in [5.74, 6) is 0. The van der Waals surface area contributed by atoms with Crippen LogP contribution in [0, 0.1) is 6.92 Å². The van der Waals surface area contributed by atoms with Crippen molar-refractivity contribution in [1.82, 2.24) is 4.57 Å². The first kappa shape index (κ1) is 30.4. The van der Waals surface area contributed by atoms with Gasteiger partial charge in [0.1, 0.15) is 0 Å². The van der Waals surface area contributed by atoms with Gasteiger partial charge in [0.15, 0.2) is 0 Å². The minimum atomic E-state index is 1.10. The summed E-state index contributed by atoms with van der Waals surface area (Å²) in [6, 6.07) is 72.2. The van der Waals surface area contributed by atoms with Gasteiger partial charge in [0.05, 0.1) is 16.7 Å². The number of aromatic nitrogens is 1. The zero-order valence-electron chi connectivity index (χ0n) is 28.4. The second-order valence-electron chi connectivity index (χ2n) is 13.0. The van der Waals surface area contributed by atoms with Crippen LogP contribution in [0.5, 0.6) is 0 Å². The highest BCUT2D eigenvalue weighted by atomic mass is 15.1. The highest BCUT2D eigenvalue weighted by Gasteiger charge is 2.19. The van der Waals surface area contributed by atoms with E-state index in [1.165, 1.54) is 66.4 Å². The molecule has 0 amide bonds. The Labute approximate surface area is 299 Å². The van der Waals surface area contributed by atoms with Gasteiger partial charge >= 0.3 is 0 Å². The molecule has 0 saturated heterocycles. The maximum Gasteiger partial charge on any atom is 0.0562 e. The maximum atomic E-state index is 2.45. The number of fused-ring (bicyclic) bond motifs is 3. The summed E-state index contributed by atoms with van der Waals surface area (Å²) in [5, 5.41) is 2.47. The smallest absolute Gasteiger partial charge is 0.0562 e. The molecule has 0 saturated carbocycles. The second-order valence-corrected chi connectivity index (χ2v) is 13.0. The molecule has 0 N–H and O–H groups in total. The SMILES string of the molecule is Cc1ccccc1-c1ccccc1-n1c2ccccc2c2ccc(N(c3ccc(-c4ccccc4)cc3)c3ccc(-c4ccccc4)cc3)cc21. The predicted molar refractivity (Wildman–Crippen MR) is 217 cm³/mol. The summed E-state index contributed by atoms with van der Waals surface area (Å²) in [6.45, 7) is 2.19. The summed E-state index contributed by atoms with van der Waals surface area (Å²) in [7, 11) is 0. The predicted octanol–water partition coefficient (Wildman–Crippen LogP) is 13.6. The number of anilines is 3. The van der Waals surface area contributed by atoms with Crippen LogP contribution in [0.4, 0.5) is 17.1 Å². The van der Waals surface area contributed by atoms with Crippen molar-refractivity contribution in [3.63, 3.8) is 0 Å². The molecule has 0 radical (unpaired) electrons. The second kappa shape index (κ2) is 13.0. The van der Waals surface area contributed by atoms with Crippen molar-refractivity contribution in [3.05, 3.63) is 206 Å². The van der Waals surface area contributed by atoms with E-state index in [-0.39, 0.29) is 0 Å².